The van der Waals surface area contributed by atoms with Gasteiger partial charge in [-0.15, -0.1) is 5.75 Å². The number of Topliss-reactive ketones (excluding diaryl/α,β-unsaturated/α-hetero) is 1. The molecule has 0 aromatic heterocycles. The van der Waals surface area contributed by atoms with Crippen molar-refractivity contribution in [2.75, 3.05) is 0 Å². The monoisotopic (exact) mass is 433 g/mol. The zero-order chi connectivity index (χ0) is 15.7. The van der Waals surface area contributed by atoms with Crippen LogP contribution in [0.2, 0.25) is 0 Å². The molecule has 110 valence electrons. The van der Waals surface area contributed by atoms with Gasteiger partial charge < -0.3 is 5.11 Å². The maximum absolute atomic E-state index is 11.9. The predicted octanol–water partition coefficient (Wildman–Crippen LogP) is 1.41. The number of nitrogens with zero attached hydrogens (tertiary/aromatic N) is 1. The van der Waals surface area contributed by atoms with E-state index in [0.717, 1.165) is 16.8 Å². The summed E-state index contributed by atoms with van der Waals surface area (Å²) >= 11 is 6.45. The molecule has 0 bridgehead atoms. The van der Waals surface area contributed by atoms with E-state index in [1.165, 1.54) is 0 Å². The topological polar surface area (TPSA) is 52.5 Å². The van der Waals surface area contributed by atoms with E-state index in [2.05, 4.69) is 36.9 Å². The van der Waals surface area contributed by atoms with Gasteiger partial charge in [0.2, 0.25) is 5.78 Å². The third-order valence-electron chi connectivity index (χ3n) is 3.18. The Morgan fingerprint density at radius 2 is 1.68 bits per heavy atom. The summed E-state index contributed by atoms with van der Waals surface area (Å²) < 4.78 is 0.913. The Morgan fingerprint density at radius 1 is 1.14 bits per heavy atom. The molecule has 0 spiro atoms. The molecular formula is C16H14Br2NNaO2. The molecule has 1 aliphatic rings. The van der Waals surface area contributed by atoms with Crippen LogP contribution in [0.15, 0.2) is 38.2 Å². The molecule has 0 amide bonds. The number of aliphatic imine (C=N–C) groups is 1. The van der Waals surface area contributed by atoms with Crippen molar-refractivity contribution in [2.45, 2.75) is 26.7 Å². The molecule has 0 aliphatic heterocycles. The first-order valence-corrected chi connectivity index (χ1v) is 8.07. The summed E-state index contributed by atoms with van der Waals surface area (Å²) in [5.74, 6) is 0.0803. The van der Waals surface area contributed by atoms with Crippen molar-refractivity contribution < 1.29 is 39.5 Å². The Hall–Kier alpha value is -0.200. The summed E-state index contributed by atoms with van der Waals surface area (Å²) in [5, 5.41) is 11.9. The fraction of sp³-hybridized carbons (Fsp3) is 0.250. The molecule has 3 nitrogen and oxygen atoms in total. The van der Waals surface area contributed by atoms with Crippen LogP contribution in [0.1, 0.15) is 30.9 Å². The van der Waals surface area contributed by atoms with E-state index in [0.29, 0.717) is 14.7 Å². The molecule has 1 aromatic rings. The third kappa shape index (κ3) is 4.42. The number of rotatable bonds is 2. The van der Waals surface area contributed by atoms with Gasteiger partial charge in [0.15, 0.2) is 0 Å². The van der Waals surface area contributed by atoms with Crippen molar-refractivity contribution in [3.63, 3.8) is 0 Å². The summed E-state index contributed by atoms with van der Waals surface area (Å²) in [4.78, 5) is 16.2. The van der Waals surface area contributed by atoms with Gasteiger partial charge in [-0.3, -0.25) is 4.79 Å². The van der Waals surface area contributed by atoms with E-state index >= 15 is 0 Å². The first-order chi connectivity index (χ1) is 9.79. The summed E-state index contributed by atoms with van der Waals surface area (Å²) in [6.45, 7) is 5.82. The van der Waals surface area contributed by atoms with Crippen molar-refractivity contribution >= 4 is 49.0 Å². The van der Waals surface area contributed by atoms with Crippen LogP contribution in [0.4, 0.5) is 5.69 Å². The van der Waals surface area contributed by atoms with Crippen molar-refractivity contribution in [2.24, 2.45) is 4.99 Å². The standard InChI is InChI=1S/C16H15Br2NO2.Na/c1-8(2)11-7-14(9(3)4-15(11)20)19-10-5-12(17)16(21)13(18)6-10;/h4-8,20H,1-3H3;/q;+1/p-1. The largest absolute Gasteiger partial charge is 1.00 e. The number of carbonyl (C=O) groups excluding carboxylic acids is 1. The molecule has 0 unspecified atom stereocenters. The summed E-state index contributed by atoms with van der Waals surface area (Å²) in [7, 11) is 0. The fourth-order valence-electron chi connectivity index (χ4n) is 2.01. The zero-order valence-corrected chi connectivity index (χ0v) is 18.1. The first kappa shape index (κ1) is 19.8. The van der Waals surface area contributed by atoms with E-state index < -0.39 is 0 Å². The van der Waals surface area contributed by atoms with E-state index in [1.807, 2.05) is 26.8 Å². The molecule has 1 aliphatic carbocycles. The van der Waals surface area contributed by atoms with E-state index in [9.17, 15) is 9.90 Å². The van der Waals surface area contributed by atoms with Gasteiger partial charge in [0.05, 0.1) is 20.4 Å². The quantitative estimate of drug-likeness (QED) is 0.522. The van der Waals surface area contributed by atoms with Gasteiger partial charge in [0, 0.05) is 0 Å². The fourth-order valence-corrected chi connectivity index (χ4v) is 3.17. The minimum absolute atomic E-state index is 0. The van der Waals surface area contributed by atoms with Crippen LogP contribution in [-0.4, -0.2) is 11.5 Å². The predicted molar refractivity (Wildman–Crippen MR) is 90.8 cm³/mol. The molecular weight excluding hydrogens is 421 g/mol. The summed E-state index contributed by atoms with van der Waals surface area (Å²) in [6.07, 6.45) is 3.35. The third-order valence-corrected chi connectivity index (χ3v) is 4.36. The Balaban J connectivity index is 0.00000242. The molecule has 0 N–H and O–H groups in total. The number of allylic oxidation sites excluding steroid dienone is 4. The second kappa shape index (κ2) is 8.06. The van der Waals surface area contributed by atoms with Crippen LogP contribution in [0.25, 0.3) is 0 Å². The number of hydrogen-bond acceptors (Lipinski definition) is 3. The van der Waals surface area contributed by atoms with Crippen LogP contribution >= 0.6 is 31.9 Å². The van der Waals surface area contributed by atoms with Gasteiger partial charge in [0.1, 0.15) is 0 Å². The Labute approximate surface area is 169 Å². The van der Waals surface area contributed by atoms with Crippen molar-refractivity contribution in [3.05, 3.63) is 44.4 Å². The van der Waals surface area contributed by atoms with Gasteiger partial charge in [-0.2, -0.15) is 0 Å². The van der Waals surface area contributed by atoms with Crippen LogP contribution < -0.4 is 34.7 Å². The molecule has 1 aromatic carbocycles. The number of ketones is 1. The van der Waals surface area contributed by atoms with Crippen molar-refractivity contribution in [3.8, 4) is 5.75 Å². The molecule has 22 heavy (non-hydrogen) atoms. The van der Waals surface area contributed by atoms with Gasteiger partial charge in [0.25, 0.3) is 0 Å². The van der Waals surface area contributed by atoms with Gasteiger partial charge in [-0.25, -0.2) is 4.99 Å². The molecule has 0 atom stereocenters. The molecule has 6 heteroatoms. The van der Waals surface area contributed by atoms with Gasteiger partial charge in [-0.1, -0.05) is 25.5 Å². The minimum atomic E-state index is -0.108. The smallest absolute Gasteiger partial charge is 0.872 e. The SMILES string of the molecule is Cc1cc([O-])c(C(C)C)cc1N=C1C=C(Br)C(=O)C(Br)=C1.[Na+]. The second-order valence-corrected chi connectivity index (χ2v) is 6.89. The second-order valence-electron chi connectivity index (χ2n) is 5.18. The molecule has 0 saturated heterocycles. The number of benzene rings is 1. The Morgan fingerprint density at radius 3 is 2.18 bits per heavy atom. The van der Waals surface area contributed by atoms with Crippen molar-refractivity contribution in [1.82, 2.24) is 0 Å². The summed E-state index contributed by atoms with van der Waals surface area (Å²) in [5.41, 5.74) is 2.97. The molecule has 0 fully saturated rings. The van der Waals surface area contributed by atoms with Crippen LogP contribution in [0.5, 0.6) is 5.75 Å². The number of carbonyl (C=O) groups is 1. The Bertz CT molecular complexity index is 682. The normalized spacial score (nSPS) is 14.5. The number of halogens is 2. The molecule has 0 saturated carbocycles. The maximum Gasteiger partial charge on any atom is 1.00 e. The molecule has 0 heterocycles. The zero-order valence-electron chi connectivity index (χ0n) is 12.9. The first-order valence-electron chi connectivity index (χ1n) is 6.49. The number of hydrogen-bond donors (Lipinski definition) is 0. The average molecular weight is 435 g/mol. The van der Waals surface area contributed by atoms with Gasteiger partial charge >= 0.3 is 29.6 Å². The molecule has 0 radical (unpaired) electrons. The van der Waals surface area contributed by atoms with Crippen molar-refractivity contribution in [1.29, 1.82) is 0 Å². The number of aryl methyl sites for hydroxylation is 1. The van der Waals surface area contributed by atoms with E-state index in [-0.39, 0.29) is 47.0 Å². The summed E-state index contributed by atoms with van der Waals surface area (Å²) in [6, 6.07) is 3.44. The van der Waals surface area contributed by atoms with Crippen LogP contribution in [-0.2, 0) is 4.79 Å². The van der Waals surface area contributed by atoms with Crippen LogP contribution in [0.3, 0.4) is 0 Å². The van der Waals surface area contributed by atoms with Crippen LogP contribution in [0, 0.1) is 6.92 Å². The minimum Gasteiger partial charge on any atom is -0.872 e. The van der Waals surface area contributed by atoms with Gasteiger partial charge in [-0.05, 0) is 68.5 Å². The van der Waals surface area contributed by atoms with E-state index in [1.54, 1.807) is 18.2 Å². The molecule has 2 rings (SSSR count). The van der Waals surface area contributed by atoms with E-state index in [4.69, 9.17) is 0 Å². The average Bonchev–Trinajstić information content (AvgIpc) is 2.38. The Kier molecular flexibility index (Phi) is 7.27. The maximum atomic E-state index is 11.9.